The first kappa shape index (κ1) is 20.9. The topological polar surface area (TPSA) is 46.2 Å². The van der Waals surface area contributed by atoms with E-state index >= 15 is 0 Å². The second-order valence-electron chi connectivity index (χ2n) is 6.11. The van der Waals surface area contributed by atoms with Crippen molar-refractivity contribution >= 4 is 11.8 Å². The normalized spacial score (nSPS) is 10.4. The Kier molecular flexibility index (Phi) is 15.4. The average Bonchev–Trinajstić information content (AvgIpc) is 2.51. The van der Waals surface area contributed by atoms with Crippen molar-refractivity contribution in [3.63, 3.8) is 0 Å². The minimum Gasteiger partial charge on any atom is -0.293 e. The highest BCUT2D eigenvalue weighted by Crippen LogP contribution is 2.12. The molecule has 1 N–H and O–H groups in total. The summed E-state index contributed by atoms with van der Waals surface area (Å²) < 4.78 is 0. The molecule has 0 atom stereocenters. The molecule has 3 nitrogen and oxygen atoms in total. The van der Waals surface area contributed by atoms with Gasteiger partial charge in [-0.2, -0.15) is 0 Å². The van der Waals surface area contributed by atoms with Crippen molar-refractivity contribution in [1.82, 2.24) is 5.32 Å². The number of imide groups is 1. The summed E-state index contributed by atoms with van der Waals surface area (Å²) in [6, 6.07) is 0. The van der Waals surface area contributed by atoms with Crippen molar-refractivity contribution in [3.05, 3.63) is 12.7 Å². The van der Waals surface area contributed by atoms with Crippen molar-refractivity contribution in [2.45, 2.75) is 96.8 Å². The summed E-state index contributed by atoms with van der Waals surface area (Å²) in [5.74, 6) is -0.590. The lowest BCUT2D eigenvalue weighted by Gasteiger charge is -2.03. The Morgan fingerprint density at radius 3 is 1.59 bits per heavy atom. The van der Waals surface area contributed by atoms with Crippen LogP contribution < -0.4 is 5.32 Å². The van der Waals surface area contributed by atoms with Gasteiger partial charge in [0.05, 0.1) is 0 Å². The quantitative estimate of drug-likeness (QED) is 0.330. The van der Waals surface area contributed by atoms with Crippen molar-refractivity contribution in [2.75, 3.05) is 0 Å². The SMILES string of the molecule is C=CC(=O)NC(=O)CCCCCCCCCCCCCCC. The highest BCUT2D eigenvalue weighted by atomic mass is 16.2. The predicted molar refractivity (Wildman–Crippen MR) is 93.7 cm³/mol. The van der Waals surface area contributed by atoms with Gasteiger partial charge in [-0.3, -0.25) is 14.9 Å². The Bertz CT molecular complexity index is 300. The van der Waals surface area contributed by atoms with Crippen LogP contribution in [0.25, 0.3) is 0 Å². The van der Waals surface area contributed by atoms with Crippen LogP contribution in [0.5, 0.6) is 0 Å². The first-order valence-corrected chi connectivity index (χ1v) is 9.17. The molecule has 0 heterocycles. The largest absolute Gasteiger partial charge is 0.293 e. The molecule has 0 aliphatic rings. The fourth-order valence-corrected chi connectivity index (χ4v) is 2.55. The number of nitrogens with one attached hydrogen (secondary N) is 1. The number of amides is 2. The second-order valence-corrected chi connectivity index (χ2v) is 6.11. The zero-order valence-corrected chi connectivity index (χ0v) is 14.5. The van der Waals surface area contributed by atoms with E-state index in [0.29, 0.717) is 6.42 Å². The molecular formula is C19H35NO2. The van der Waals surface area contributed by atoms with E-state index in [1.807, 2.05) is 0 Å². The molecule has 0 rings (SSSR count). The smallest absolute Gasteiger partial charge is 0.249 e. The first-order chi connectivity index (χ1) is 10.7. The summed E-state index contributed by atoms with van der Waals surface area (Å²) >= 11 is 0. The summed E-state index contributed by atoms with van der Waals surface area (Å²) in [6.07, 6.45) is 18.3. The molecule has 0 saturated heterocycles. The molecule has 0 unspecified atom stereocenters. The molecule has 0 radical (unpaired) electrons. The second kappa shape index (κ2) is 16.3. The minimum atomic E-state index is -0.403. The molecule has 0 aromatic heterocycles. The lowest BCUT2D eigenvalue weighted by Crippen LogP contribution is -2.28. The van der Waals surface area contributed by atoms with E-state index in [4.69, 9.17) is 0 Å². The van der Waals surface area contributed by atoms with Gasteiger partial charge in [-0.05, 0) is 12.5 Å². The molecule has 0 aliphatic carbocycles. The van der Waals surface area contributed by atoms with Gasteiger partial charge in [0.2, 0.25) is 11.8 Å². The van der Waals surface area contributed by atoms with Gasteiger partial charge in [-0.25, -0.2) is 0 Å². The Morgan fingerprint density at radius 1 is 0.773 bits per heavy atom. The number of hydrogen-bond acceptors (Lipinski definition) is 2. The van der Waals surface area contributed by atoms with E-state index in [9.17, 15) is 9.59 Å². The fraction of sp³-hybridized carbons (Fsp3) is 0.789. The third-order valence-electron chi connectivity index (χ3n) is 3.96. The molecule has 0 spiro atoms. The van der Waals surface area contributed by atoms with Crippen LogP contribution in [-0.4, -0.2) is 11.8 Å². The van der Waals surface area contributed by atoms with Crippen LogP contribution in [0.3, 0.4) is 0 Å². The number of carbonyl (C=O) groups excluding carboxylic acids is 2. The third kappa shape index (κ3) is 15.3. The molecule has 0 aliphatic heterocycles. The molecular weight excluding hydrogens is 274 g/mol. The van der Waals surface area contributed by atoms with E-state index in [1.54, 1.807) is 0 Å². The summed E-state index contributed by atoms with van der Waals surface area (Å²) in [4.78, 5) is 22.2. The zero-order valence-electron chi connectivity index (χ0n) is 14.5. The molecule has 3 heteroatoms. The van der Waals surface area contributed by atoms with Crippen LogP contribution in [0.1, 0.15) is 96.8 Å². The Morgan fingerprint density at radius 2 is 1.18 bits per heavy atom. The van der Waals surface area contributed by atoms with Crippen LogP contribution in [0, 0.1) is 0 Å². The van der Waals surface area contributed by atoms with Gasteiger partial charge in [0.15, 0.2) is 0 Å². The molecule has 0 aromatic rings. The van der Waals surface area contributed by atoms with Gasteiger partial charge in [-0.15, -0.1) is 0 Å². The van der Waals surface area contributed by atoms with E-state index in [-0.39, 0.29) is 5.91 Å². The monoisotopic (exact) mass is 309 g/mol. The highest BCUT2D eigenvalue weighted by molar-refractivity contribution is 6.00. The van der Waals surface area contributed by atoms with E-state index in [2.05, 4.69) is 18.8 Å². The lowest BCUT2D eigenvalue weighted by atomic mass is 10.0. The summed E-state index contributed by atoms with van der Waals surface area (Å²) in [5.41, 5.74) is 0. The Hall–Kier alpha value is -1.12. The number of carbonyl (C=O) groups is 2. The molecule has 0 aromatic carbocycles. The number of hydrogen-bond donors (Lipinski definition) is 1. The first-order valence-electron chi connectivity index (χ1n) is 9.17. The van der Waals surface area contributed by atoms with Gasteiger partial charge in [0.1, 0.15) is 0 Å². The van der Waals surface area contributed by atoms with Gasteiger partial charge >= 0.3 is 0 Å². The van der Waals surface area contributed by atoms with E-state index in [1.165, 1.54) is 70.6 Å². The van der Waals surface area contributed by atoms with Crippen molar-refractivity contribution in [3.8, 4) is 0 Å². The molecule has 22 heavy (non-hydrogen) atoms. The molecule has 128 valence electrons. The lowest BCUT2D eigenvalue weighted by molar-refractivity contribution is -0.128. The molecule has 0 bridgehead atoms. The van der Waals surface area contributed by atoms with Gasteiger partial charge < -0.3 is 0 Å². The Labute approximate surface area is 136 Å². The van der Waals surface area contributed by atoms with Crippen molar-refractivity contribution < 1.29 is 9.59 Å². The Balaban J connectivity index is 3.15. The van der Waals surface area contributed by atoms with Gasteiger partial charge in [0, 0.05) is 6.42 Å². The predicted octanol–water partition coefficient (Wildman–Crippen LogP) is 5.30. The van der Waals surface area contributed by atoms with E-state index < -0.39 is 5.91 Å². The van der Waals surface area contributed by atoms with E-state index in [0.717, 1.165) is 18.9 Å². The standard InChI is InChI=1S/C19H35NO2/c1-3-5-6-7-8-9-10-11-12-13-14-15-16-17-19(22)20-18(21)4-2/h4H,2-3,5-17H2,1H3,(H,20,21,22). The van der Waals surface area contributed by atoms with Crippen molar-refractivity contribution in [1.29, 1.82) is 0 Å². The summed E-state index contributed by atoms with van der Waals surface area (Å²) in [6.45, 7) is 5.58. The molecule has 0 fully saturated rings. The van der Waals surface area contributed by atoms with Gasteiger partial charge in [0.25, 0.3) is 0 Å². The molecule has 2 amide bonds. The zero-order chi connectivity index (χ0) is 16.5. The van der Waals surface area contributed by atoms with Crippen LogP contribution in [0.4, 0.5) is 0 Å². The van der Waals surface area contributed by atoms with Crippen LogP contribution in [-0.2, 0) is 9.59 Å². The summed E-state index contributed by atoms with van der Waals surface area (Å²) in [5, 5.41) is 2.28. The van der Waals surface area contributed by atoms with Crippen LogP contribution in [0.2, 0.25) is 0 Å². The number of rotatable bonds is 15. The fourth-order valence-electron chi connectivity index (χ4n) is 2.55. The van der Waals surface area contributed by atoms with Gasteiger partial charge in [-0.1, -0.05) is 90.6 Å². The highest BCUT2D eigenvalue weighted by Gasteiger charge is 2.03. The van der Waals surface area contributed by atoms with Crippen molar-refractivity contribution in [2.24, 2.45) is 0 Å². The number of unbranched alkanes of at least 4 members (excludes halogenated alkanes) is 12. The summed E-state index contributed by atoms with van der Waals surface area (Å²) in [7, 11) is 0. The van der Waals surface area contributed by atoms with Crippen LogP contribution in [0.15, 0.2) is 12.7 Å². The third-order valence-corrected chi connectivity index (χ3v) is 3.96. The maximum Gasteiger partial charge on any atom is 0.249 e. The maximum atomic E-state index is 11.3. The molecule has 0 saturated carbocycles. The van der Waals surface area contributed by atoms with Crippen LogP contribution >= 0.6 is 0 Å². The minimum absolute atomic E-state index is 0.187. The maximum absolute atomic E-state index is 11.3. The average molecular weight is 309 g/mol.